The van der Waals surface area contributed by atoms with E-state index in [1.54, 1.807) is 6.34 Å². The quantitative estimate of drug-likeness (QED) is 0.834. The van der Waals surface area contributed by atoms with E-state index in [0.29, 0.717) is 0 Å². The van der Waals surface area contributed by atoms with Gasteiger partial charge in [-0.05, 0) is 42.3 Å². The van der Waals surface area contributed by atoms with Gasteiger partial charge in [-0.1, -0.05) is 26.5 Å². The summed E-state index contributed by atoms with van der Waals surface area (Å²) in [5, 5.41) is 3.03. The Morgan fingerprint density at radius 2 is 1.80 bits per heavy atom. The van der Waals surface area contributed by atoms with Gasteiger partial charge in [0.05, 0.1) is 12.0 Å². The fourth-order valence-corrected chi connectivity index (χ4v) is 2.05. The van der Waals surface area contributed by atoms with Crippen molar-refractivity contribution in [2.24, 2.45) is 4.99 Å². The van der Waals surface area contributed by atoms with E-state index in [-0.39, 0.29) is 0 Å². The highest BCUT2D eigenvalue weighted by Gasteiger charge is 2.10. The minimum Gasteiger partial charge on any atom is -0.346 e. The Labute approximate surface area is 120 Å². The molecule has 1 aliphatic rings. The van der Waals surface area contributed by atoms with Crippen LogP contribution in [0.15, 0.2) is 48.1 Å². The summed E-state index contributed by atoms with van der Waals surface area (Å²) in [7, 11) is 0. The molecule has 3 nitrogen and oxygen atoms in total. The van der Waals surface area contributed by atoms with Gasteiger partial charge >= 0.3 is 0 Å². The van der Waals surface area contributed by atoms with E-state index < -0.39 is 0 Å². The summed E-state index contributed by atoms with van der Waals surface area (Å²) < 4.78 is 0. The van der Waals surface area contributed by atoms with Crippen molar-refractivity contribution in [1.29, 1.82) is 0 Å². The van der Waals surface area contributed by atoms with Crippen LogP contribution < -0.4 is 5.32 Å². The smallest absolute Gasteiger partial charge is 0.0930 e. The standard InChI is InChI=1S/C15H13N3.C2H6/c1-10-7-13(5-6-16-10)12-3-4-15-14(8-12)11(2)17-9-18-15;1-2/h3-9H,2H2,1H3,(H,17,18);1-2H3. The summed E-state index contributed by atoms with van der Waals surface area (Å²) >= 11 is 0. The number of nitrogens with one attached hydrogen (secondary N) is 1. The molecular weight excluding hydrogens is 246 g/mol. The Balaban J connectivity index is 0.000000704. The van der Waals surface area contributed by atoms with Crippen molar-refractivity contribution in [3.63, 3.8) is 0 Å². The predicted octanol–water partition coefficient (Wildman–Crippen LogP) is 4.32. The van der Waals surface area contributed by atoms with Gasteiger partial charge in [0.1, 0.15) is 0 Å². The lowest BCUT2D eigenvalue weighted by molar-refractivity contribution is 1.20. The second kappa shape index (κ2) is 6.15. The lowest BCUT2D eigenvalue weighted by atomic mass is 10.0. The van der Waals surface area contributed by atoms with Crippen LogP contribution in [-0.2, 0) is 0 Å². The number of fused-ring (bicyclic) bond motifs is 1. The summed E-state index contributed by atoms with van der Waals surface area (Å²) in [4.78, 5) is 8.50. The van der Waals surface area contributed by atoms with Gasteiger partial charge in [-0.25, -0.2) is 4.99 Å². The zero-order chi connectivity index (χ0) is 14.5. The molecular formula is C17H19N3. The lowest BCUT2D eigenvalue weighted by Crippen LogP contribution is -2.12. The molecule has 0 atom stereocenters. The van der Waals surface area contributed by atoms with E-state index in [0.717, 1.165) is 33.8 Å². The maximum atomic E-state index is 4.29. The maximum Gasteiger partial charge on any atom is 0.0930 e. The van der Waals surface area contributed by atoms with Crippen LogP contribution in [0.4, 0.5) is 5.69 Å². The van der Waals surface area contributed by atoms with E-state index >= 15 is 0 Å². The first-order valence-electron chi connectivity index (χ1n) is 6.79. The molecule has 0 radical (unpaired) electrons. The molecule has 0 aliphatic carbocycles. The lowest BCUT2D eigenvalue weighted by Gasteiger charge is -2.15. The van der Waals surface area contributed by atoms with Crippen molar-refractivity contribution >= 4 is 17.7 Å². The van der Waals surface area contributed by atoms with Crippen molar-refractivity contribution in [3.8, 4) is 11.1 Å². The SMILES string of the molecule is C=C1NC=Nc2ccc(-c3ccnc(C)c3)cc21.CC. The van der Waals surface area contributed by atoms with Crippen LogP contribution in [0, 0.1) is 6.92 Å². The summed E-state index contributed by atoms with van der Waals surface area (Å²) in [6.45, 7) is 9.99. The van der Waals surface area contributed by atoms with E-state index in [1.165, 1.54) is 0 Å². The normalized spacial score (nSPS) is 12.1. The minimum atomic E-state index is 0.882. The molecule has 1 N–H and O–H groups in total. The molecule has 3 rings (SSSR count). The molecule has 0 saturated heterocycles. The van der Waals surface area contributed by atoms with Crippen LogP contribution in [-0.4, -0.2) is 11.3 Å². The Bertz CT molecular complexity index is 657. The molecule has 20 heavy (non-hydrogen) atoms. The molecule has 0 unspecified atom stereocenters. The van der Waals surface area contributed by atoms with Gasteiger partial charge in [-0.2, -0.15) is 0 Å². The van der Waals surface area contributed by atoms with Gasteiger partial charge in [0, 0.05) is 23.2 Å². The van der Waals surface area contributed by atoms with Gasteiger partial charge in [0.15, 0.2) is 0 Å². The number of rotatable bonds is 1. The zero-order valence-corrected chi connectivity index (χ0v) is 12.1. The third-order valence-corrected chi connectivity index (χ3v) is 2.99. The number of nitrogens with zero attached hydrogens (tertiary/aromatic N) is 2. The molecule has 0 spiro atoms. The van der Waals surface area contributed by atoms with Gasteiger partial charge < -0.3 is 5.32 Å². The van der Waals surface area contributed by atoms with Crippen LogP contribution in [0.3, 0.4) is 0 Å². The fourth-order valence-electron chi connectivity index (χ4n) is 2.05. The molecule has 3 heteroatoms. The van der Waals surface area contributed by atoms with Gasteiger partial charge in [0.2, 0.25) is 0 Å². The van der Waals surface area contributed by atoms with Gasteiger partial charge in [0.25, 0.3) is 0 Å². The van der Waals surface area contributed by atoms with E-state index in [2.05, 4.69) is 40.1 Å². The second-order valence-electron chi connectivity index (χ2n) is 4.30. The minimum absolute atomic E-state index is 0.882. The van der Waals surface area contributed by atoms with Crippen LogP contribution >= 0.6 is 0 Å². The fraction of sp³-hybridized carbons (Fsp3) is 0.176. The number of hydrogen-bond donors (Lipinski definition) is 1. The number of aromatic nitrogens is 1. The first-order chi connectivity index (χ1) is 9.74. The van der Waals surface area contributed by atoms with Gasteiger partial charge in [-0.15, -0.1) is 0 Å². The Kier molecular flexibility index (Phi) is 4.31. The number of pyridine rings is 1. The predicted molar refractivity (Wildman–Crippen MR) is 86.1 cm³/mol. The third-order valence-electron chi connectivity index (χ3n) is 2.99. The van der Waals surface area contributed by atoms with Crippen molar-refractivity contribution in [2.45, 2.75) is 20.8 Å². The Morgan fingerprint density at radius 3 is 2.55 bits per heavy atom. The Hall–Kier alpha value is -2.42. The topological polar surface area (TPSA) is 37.3 Å². The monoisotopic (exact) mass is 265 g/mol. The molecule has 0 bridgehead atoms. The average molecular weight is 265 g/mol. The van der Waals surface area contributed by atoms with Gasteiger partial charge in [-0.3, -0.25) is 4.98 Å². The highest BCUT2D eigenvalue weighted by molar-refractivity contribution is 5.88. The number of aliphatic imine (C=N–C) groups is 1. The largest absolute Gasteiger partial charge is 0.346 e. The molecule has 0 fully saturated rings. The summed E-state index contributed by atoms with van der Waals surface area (Å²) in [5.74, 6) is 0. The molecule has 0 saturated carbocycles. The number of hydrogen-bond acceptors (Lipinski definition) is 3. The maximum absolute atomic E-state index is 4.29. The second-order valence-corrected chi connectivity index (χ2v) is 4.30. The molecule has 1 aromatic carbocycles. The van der Waals surface area contributed by atoms with E-state index in [4.69, 9.17) is 0 Å². The van der Waals surface area contributed by atoms with Crippen molar-refractivity contribution < 1.29 is 0 Å². The zero-order valence-electron chi connectivity index (χ0n) is 12.1. The first kappa shape index (κ1) is 14.0. The first-order valence-corrected chi connectivity index (χ1v) is 6.79. The molecule has 1 aromatic heterocycles. The van der Waals surface area contributed by atoms with E-state index in [1.807, 2.05) is 39.1 Å². The molecule has 1 aliphatic heterocycles. The molecule has 2 aromatic rings. The van der Waals surface area contributed by atoms with E-state index in [9.17, 15) is 0 Å². The number of benzene rings is 1. The van der Waals surface area contributed by atoms with Crippen LogP contribution in [0.25, 0.3) is 16.8 Å². The summed E-state index contributed by atoms with van der Waals surface area (Å²) in [5.41, 5.74) is 6.21. The van der Waals surface area contributed by atoms with Crippen LogP contribution in [0.2, 0.25) is 0 Å². The highest BCUT2D eigenvalue weighted by atomic mass is 15.0. The third kappa shape index (κ3) is 2.77. The Morgan fingerprint density at radius 1 is 1.05 bits per heavy atom. The number of aryl methyl sites for hydroxylation is 1. The highest BCUT2D eigenvalue weighted by Crippen LogP contribution is 2.31. The van der Waals surface area contributed by atoms with Crippen molar-refractivity contribution in [2.75, 3.05) is 0 Å². The van der Waals surface area contributed by atoms with Crippen molar-refractivity contribution in [3.05, 3.63) is 54.4 Å². The summed E-state index contributed by atoms with van der Waals surface area (Å²) in [6.07, 6.45) is 3.50. The van der Waals surface area contributed by atoms with Crippen LogP contribution in [0.1, 0.15) is 25.1 Å². The van der Waals surface area contributed by atoms with Crippen LogP contribution in [0.5, 0.6) is 0 Å². The molecule has 102 valence electrons. The van der Waals surface area contributed by atoms with Crippen molar-refractivity contribution in [1.82, 2.24) is 10.3 Å². The molecule has 0 amide bonds. The summed E-state index contributed by atoms with van der Waals surface area (Å²) in [6, 6.07) is 10.3. The molecule has 2 heterocycles. The average Bonchev–Trinajstić information content (AvgIpc) is 2.49.